The highest BCUT2D eigenvalue weighted by molar-refractivity contribution is 5.89. The number of ether oxygens (including phenoxy) is 3. The molecule has 7 N–H and O–H groups in total. The van der Waals surface area contributed by atoms with Crippen LogP contribution in [-0.4, -0.2) is 104 Å². The molecular formula is C15H22O11. The summed E-state index contributed by atoms with van der Waals surface area (Å²) in [6.07, 6.45) is -7.89. The minimum atomic E-state index is -1.87. The summed E-state index contributed by atoms with van der Waals surface area (Å²) in [7, 11) is 0. The van der Waals surface area contributed by atoms with E-state index in [-0.39, 0.29) is 0 Å². The largest absolute Gasteiger partial charge is 0.505 e. The molecule has 2 aliphatic heterocycles. The monoisotopic (exact) mass is 378 g/mol. The lowest BCUT2D eigenvalue weighted by molar-refractivity contribution is -0.150. The zero-order valence-corrected chi connectivity index (χ0v) is 13.8. The minimum absolute atomic E-state index is 0.461. The van der Waals surface area contributed by atoms with Crippen LogP contribution >= 0.6 is 0 Å². The highest BCUT2D eigenvalue weighted by atomic mass is 16.6. The molecule has 0 aromatic carbocycles. The number of esters is 1. The third-order valence-electron chi connectivity index (χ3n) is 5.53. The summed E-state index contributed by atoms with van der Waals surface area (Å²) in [6, 6.07) is 0. The SMILES string of the molecule is CC(O)C12C(COC3=C(O)C(C(O)CO)OC3=O)OC(CO)C1(O)C2O. The number of cyclic esters (lactones) is 1. The first-order valence-electron chi connectivity index (χ1n) is 8.08. The van der Waals surface area contributed by atoms with E-state index in [9.17, 15) is 35.4 Å². The number of fused-ring (bicyclic) bond motifs is 1. The molecule has 0 amide bonds. The molecule has 11 nitrogen and oxygen atoms in total. The Morgan fingerprint density at radius 1 is 1.27 bits per heavy atom. The van der Waals surface area contributed by atoms with Crippen LogP contribution in [0, 0.1) is 5.41 Å². The van der Waals surface area contributed by atoms with Gasteiger partial charge in [-0.1, -0.05) is 0 Å². The van der Waals surface area contributed by atoms with Gasteiger partial charge in [0.15, 0.2) is 11.9 Å². The standard InChI is InChI=1S/C15H22O11/c1-5(18)14-8(25-7(3-17)15(14,23)13(14)22)4-24-11-9(20)10(6(19)2-16)26-12(11)21/h5-8,10,13,16-20,22-23H,2-4H2,1H3. The van der Waals surface area contributed by atoms with E-state index >= 15 is 0 Å². The summed E-state index contributed by atoms with van der Waals surface area (Å²) in [5.74, 6) is -2.40. The molecule has 1 aliphatic carbocycles. The molecular weight excluding hydrogens is 356 g/mol. The summed E-state index contributed by atoms with van der Waals surface area (Å²) >= 11 is 0. The van der Waals surface area contributed by atoms with Crippen LogP contribution in [-0.2, 0) is 19.0 Å². The van der Waals surface area contributed by atoms with E-state index in [1.165, 1.54) is 6.92 Å². The highest BCUT2D eigenvalue weighted by Crippen LogP contribution is 2.68. The molecule has 0 spiro atoms. The predicted molar refractivity (Wildman–Crippen MR) is 79.4 cm³/mol. The Labute approximate surface area is 147 Å². The van der Waals surface area contributed by atoms with Crippen LogP contribution in [0.5, 0.6) is 0 Å². The number of hydrogen-bond donors (Lipinski definition) is 7. The van der Waals surface area contributed by atoms with Gasteiger partial charge in [-0.05, 0) is 6.92 Å². The van der Waals surface area contributed by atoms with Crippen molar-refractivity contribution in [2.24, 2.45) is 5.41 Å². The Balaban J connectivity index is 1.78. The molecule has 3 aliphatic rings. The van der Waals surface area contributed by atoms with Crippen LogP contribution in [0.3, 0.4) is 0 Å². The first kappa shape index (κ1) is 19.3. The maximum absolute atomic E-state index is 11.8. The Morgan fingerprint density at radius 3 is 2.46 bits per heavy atom. The zero-order valence-electron chi connectivity index (χ0n) is 13.8. The first-order valence-corrected chi connectivity index (χ1v) is 8.08. The molecule has 0 aromatic rings. The number of aliphatic hydroxyl groups excluding tert-OH is 6. The quantitative estimate of drug-likeness (QED) is 0.216. The molecule has 8 unspecified atom stereocenters. The van der Waals surface area contributed by atoms with Crippen molar-refractivity contribution in [2.75, 3.05) is 19.8 Å². The van der Waals surface area contributed by atoms with E-state index in [2.05, 4.69) is 0 Å². The summed E-state index contributed by atoms with van der Waals surface area (Å²) in [6.45, 7) is -0.494. The molecule has 148 valence electrons. The molecule has 0 bridgehead atoms. The van der Waals surface area contributed by atoms with E-state index in [1.54, 1.807) is 0 Å². The average Bonchev–Trinajstić information content (AvgIpc) is 2.85. The fourth-order valence-corrected chi connectivity index (χ4v) is 4.11. The lowest BCUT2D eigenvalue weighted by Crippen LogP contribution is -2.39. The second-order valence-corrected chi connectivity index (χ2v) is 6.73. The molecule has 8 atom stereocenters. The second-order valence-electron chi connectivity index (χ2n) is 6.73. The highest BCUT2D eigenvalue weighted by Gasteiger charge is 2.88. The van der Waals surface area contributed by atoms with Gasteiger partial charge in [0.25, 0.3) is 0 Å². The van der Waals surface area contributed by atoms with Gasteiger partial charge in [0.1, 0.15) is 30.5 Å². The molecule has 0 aromatic heterocycles. The molecule has 2 heterocycles. The topological polar surface area (TPSA) is 186 Å². The van der Waals surface area contributed by atoms with Crippen molar-refractivity contribution in [3.63, 3.8) is 0 Å². The van der Waals surface area contributed by atoms with Crippen LogP contribution < -0.4 is 0 Å². The van der Waals surface area contributed by atoms with Crippen molar-refractivity contribution in [2.45, 2.75) is 49.1 Å². The molecule has 0 radical (unpaired) electrons. The van der Waals surface area contributed by atoms with E-state index in [0.717, 1.165) is 0 Å². The molecule has 3 rings (SSSR count). The Morgan fingerprint density at radius 2 is 1.92 bits per heavy atom. The van der Waals surface area contributed by atoms with E-state index in [0.29, 0.717) is 0 Å². The summed E-state index contributed by atoms with van der Waals surface area (Å²) in [5.41, 5.74) is -3.39. The predicted octanol–water partition coefficient (Wildman–Crippen LogP) is -3.72. The summed E-state index contributed by atoms with van der Waals surface area (Å²) in [4.78, 5) is 11.8. The fraction of sp³-hybridized carbons (Fsp3) is 0.800. The van der Waals surface area contributed by atoms with Crippen molar-refractivity contribution >= 4 is 5.97 Å². The Hall–Kier alpha value is -1.47. The molecule has 1 saturated carbocycles. The third kappa shape index (κ3) is 2.22. The van der Waals surface area contributed by atoms with Gasteiger partial charge in [0, 0.05) is 0 Å². The Bertz CT molecular complexity index is 619. The fourth-order valence-electron chi connectivity index (χ4n) is 4.11. The van der Waals surface area contributed by atoms with Crippen molar-refractivity contribution < 1.29 is 54.8 Å². The number of aliphatic hydroxyl groups is 7. The van der Waals surface area contributed by atoms with E-state index in [1.807, 2.05) is 0 Å². The van der Waals surface area contributed by atoms with Gasteiger partial charge < -0.3 is 50.0 Å². The molecule has 1 saturated heterocycles. The van der Waals surface area contributed by atoms with Crippen LogP contribution in [0.15, 0.2) is 11.5 Å². The zero-order chi connectivity index (χ0) is 19.4. The van der Waals surface area contributed by atoms with Gasteiger partial charge in [-0.3, -0.25) is 0 Å². The number of hydrogen-bond acceptors (Lipinski definition) is 11. The van der Waals surface area contributed by atoms with Gasteiger partial charge in [-0.2, -0.15) is 0 Å². The lowest BCUT2D eigenvalue weighted by Gasteiger charge is -2.25. The van der Waals surface area contributed by atoms with Gasteiger partial charge >= 0.3 is 5.97 Å². The van der Waals surface area contributed by atoms with Crippen LogP contribution in [0.2, 0.25) is 0 Å². The third-order valence-corrected chi connectivity index (χ3v) is 5.53. The van der Waals surface area contributed by atoms with Crippen LogP contribution in [0.1, 0.15) is 6.92 Å². The van der Waals surface area contributed by atoms with E-state index in [4.69, 9.17) is 19.3 Å². The molecule has 26 heavy (non-hydrogen) atoms. The number of rotatable bonds is 7. The van der Waals surface area contributed by atoms with Gasteiger partial charge in [0.05, 0.1) is 30.8 Å². The van der Waals surface area contributed by atoms with Crippen molar-refractivity contribution in [3.8, 4) is 0 Å². The van der Waals surface area contributed by atoms with Crippen molar-refractivity contribution in [1.29, 1.82) is 0 Å². The maximum Gasteiger partial charge on any atom is 0.378 e. The van der Waals surface area contributed by atoms with Gasteiger partial charge in [-0.25, -0.2) is 4.79 Å². The summed E-state index contributed by atoms with van der Waals surface area (Å²) in [5, 5.41) is 68.5. The minimum Gasteiger partial charge on any atom is -0.505 e. The van der Waals surface area contributed by atoms with Crippen molar-refractivity contribution in [3.05, 3.63) is 11.5 Å². The molecule has 11 heteroatoms. The van der Waals surface area contributed by atoms with Gasteiger partial charge in [-0.15, -0.1) is 0 Å². The van der Waals surface area contributed by atoms with Crippen molar-refractivity contribution in [1.82, 2.24) is 0 Å². The first-order chi connectivity index (χ1) is 12.2. The van der Waals surface area contributed by atoms with Crippen LogP contribution in [0.25, 0.3) is 0 Å². The maximum atomic E-state index is 11.8. The average molecular weight is 378 g/mol. The summed E-state index contributed by atoms with van der Waals surface area (Å²) < 4.78 is 15.4. The number of carbonyl (C=O) groups excluding carboxylic acids is 1. The smallest absolute Gasteiger partial charge is 0.378 e. The lowest BCUT2D eigenvalue weighted by atomic mass is 9.89. The Kier molecular flexibility index (Phi) is 4.68. The van der Waals surface area contributed by atoms with Crippen LogP contribution in [0.4, 0.5) is 0 Å². The van der Waals surface area contributed by atoms with E-state index < -0.39 is 84.9 Å². The number of carbonyl (C=O) groups is 1. The molecule has 2 fully saturated rings. The van der Waals surface area contributed by atoms with Gasteiger partial charge in [0.2, 0.25) is 5.76 Å². The second kappa shape index (κ2) is 6.30. The normalized spacial score (nSPS) is 43.9.